The van der Waals surface area contributed by atoms with Gasteiger partial charge in [-0.15, -0.1) is 10.2 Å². The van der Waals surface area contributed by atoms with Crippen molar-refractivity contribution in [1.82, 2.24) is 25.2 Å². The maximum atomic E-state index is 13.6. The van der Waals surface area contributed by atoms with E-state index in [2.05, 4.69) is 40.0 Å². The number of amides is 2. The first-order valence-electron chi connectivity index (χ1n) is 15.3. The summed E-state index contributed by atoms with van der Waals surface area (Å²) in [4.78, 5) is 39.1. The topological polar surface area (TPSA) is 145 Å². The number of pyridine rings is 1. The number of benzene rings is 1. The molecule has 2 atom stereocenters. The van der Waals surface area contributed by atoms with E-state index in [1.165, 1.54) is 20.1 Å². The van der Waals surface area contributed by atoms with Crippen molar-refractivity contribution < 1.29 is 23.8 Å². The van der Waals surface area contributed by atoms with Gasteiger partial charge in [-0.05, 0) is 72.2 Å². The fraction of sp³-hybridized carbons (Fsp3) is 0.382. The average molecular weight is 629 g/mol. The van der Waals surface area contributed by atoms with Crippen molar-refractivity contribution in [2.45, 2.75) is 52.1 Å². The Labute approximate surface area is 267 Å². The summed E-state index contributed by atoms with van der Waals surface area (Å²) in [5.41, 5.74) is 3.62. The fourth-order valence-corrected chi connectivity index (χ4v) is 6.07. The maximum absolute atomic E-state index is 13.6. The minimum Gasteiger partial charge on any atom is -0.493 e. The first-order chi connectivity index (χ1) is 22.1. The third kappa shape index (κ3) is 6.60. The minimum atomic E-state index is -0.437. The van der Waals surface area contributed by atoms with Crippen LogP contribution in [-0.2, 0) is 16.0 Å². The molecule has 46 heavy (non-hydrogen) atoms. The molecule has 2 aromatic carbocycles. The highest BCUT2D eigenvalue weighted by atomic mass is 16.5. The van der Waals surface area contributed by atoms with E-state index in [4.69, 9.17) is 14.2 Å². The largest absolute Gasteiger partial charge is 0.493 e. The Balaban J connectivity index is 1.48. The van der Waals surface area contributed by atoms with E-state index < -0.39 is 6.04 Å². The van der Waals surface area contributed by atoms with Gasteiger partial charge in [0.25, 0.3) is 0 Å². The summed E-state index contributed by atoms with van der Waals surface area (Å²) in [6.07, 6.45) is 3.66. The van der Waals surface area contributed by atoms with Crippen molar-refractivity contribution in [2.24, 2.45) is 5.92 Å². The van der Waals surface area contributed by atoms with Gasteiger partial charge in [-0.3, -0.25) is 18.8 Å². The first kappa shape index (κ1) is 32.3. The smallest absolute Gasteiger partial charge is 0.239 e. The third-order valence-corrected chi connectivity index (χ3v) is 8.05. The van der Waals surface area contributed by atoms with Crippen LogP contribution in [0.4, 0.5) is 5.69 Å². The standard InChI is InChI=1S/C34H40N6O6/c1-19(2)15-26(34-39-38-29-9-7-8-14-40(29)34)37-30(43)18-35-25-13-11-22-23(17-27(25)42)24(36-20(3)41)12-10-21-16-28(44-4)32(45-5)33(46-6)31(21)22/h7-9,11,13-14,16-17,19,24,26H,10,12,15,18H2,1-6H3,(H,35,42)(H,36,41)(H,37,43)/t24-,26+/m0/s1. The number of hydrogen-bond acceptors (Lipinski definition) is 9. The molecule has 0 radical (unpaired) electrons. The van der Waals surface area contributed by atoms with Crippen LogP contribution in [0.2, 0.25) is 0 Å². The minimum absolute atomic E-state index is 0.144. The Hall–Kier alpha value is -5.13. The summed E-state index contributed by atoms with van der Waals surface area (Å²) in [5.74, 6) is 1.81. The molecule has 0 saturated heterocycles. The number of ether oxygens (including phenoxy) is 3. The number of carbonyl (C=O) groups is 2. The molecule has 0 aliphatic heterocycles. The van der Waals surface area contributed by atoms with Crippen molar-refractivity contribution in [3.05, 3.63) is 75.8 Å². The van der Waals surface area contributed by atoms with Crippen LogP contribution in [0.5, 0.6) is 17.2 Å². The second-order valence-corrected chi connectivity index (χ2v) is 11.7. The van der Waals surface area contributed by atoms with Gasteiger partial charge in [0.15, 0.2) is 23.0 Å². The van der Waals surface area contributed by atoms with E-state index in [1.807, 2.05) is 40.9 Å². The van der Waals surface area contributed by atoms with Gasteiger partial charge in [0.2, 0.25) is 23.0 Å². The van der Waals surface area contributed by atoms with Gasteiger partial charge in [-0.2, -0.15) is 0 Å². The Bertz CT molecular complexity index is 1820. The second kappa shape index (κ2) is 13.9. The van der Waals surface area contributed by atoms with Crippen molar-refractivity contribution in [2.75, 3.05) is 33.2 Å². The zero-order chi connectivity index (χ0) is 33.0. The van der Waals surface area contributed by atoms with E-state index in [-0.39, 0.29) is 41.4 Å². The predicted molar refractivity (Wildman–Crippen MR) is 174 cm³/mol. The van der Waals surface area contributed by atoms with Crippen LogP contribution in [0.1, 0.15) is 62.6 Å². The number of nitrogens with one attached hydrogen (secondary N) is 3. The second-order valence-electron chi connectivity index (χ2n) is 11.7. The molecule has 0 spiro atoms. The number of carbonyl (C=O) groups excluding carboxylic acids is 2. The monoisotopic (exact) mass is 628 g/mol. The van der Waals surface area contributed by atoms with Crippen molar-refractivity contribution in [3.8, 4) is 28.4 Å². The van der Waals surface area contributed by atoms with Gasteiger partial charge in [0.05, 0.1) is 45.6 Å². The van der Waals surface area contributed by atoms with Crippen LogP contribution < -0.4 is 35.6 Å². The van der Waals surface area contributed by atoms with E-state index in [9.17, 15) is 14.4 Å². The van der Waals surface area contributed by atoms with Crippen LogP contribution in [0, 0.1) is 5.92 Å². The summed E-state index contributed by atoms with van der Waals surface area (Å²) in [7, 11) is 4.65. The number of nitrogens with zero attached hydrogens (tertiary/aromatic N) is 3. The number of anilines is 1. The molecular formula is C34H40N6O6. The Morgan fingerprint density at radius 3 is 2.50 bits per heavy atom. The maximum Gasteiger partial charge on any atom is 0.239 e. The first-order valence-corrected chi connectivity index (χ1v) is 15.3. The molecule has 4 aromatic rings. The SMILES string of the molecule is COc1cc2c(c(OC)c1OC)-c1ccc(NCC(=O)N[C@H](CC(C)C)c3nnc4ccccn34)c(=O)cc1[C@@H](NC(C)=O)CC2. The summed E-state index contributed by atoms with van der Waals surface area (Å²) in [6.45, 7) is 5.46. The molecule has 2 amide bonds. The molecule has 3 N–H and O–H groups in total. The number of fused-ring (bicyclic) bond motifs is 4. The van der Waals surface area contributed by atoms with E-state index in [0.29, 0.717) is 59.1 Å². The molecule has 12 heteroatoms. The molecule has 1 aliphatic rings. The van der Waals surface area contributed by atoms with Crippen molar-refractivity contribution >= 4 is 23.1 Å². The van der Waals surface area contributed by atoms with Gasteiger partial charge in [0.1, 0.15) is 0 Å². The number of methoxy groups -OCH3 is 3. The predicted octanol–water partition coefficient (Wildman–Crippen LogP) is 4.22. The summed E-state index contributed by atoms with van der Waals surface area (Å²) in [6, 6.07) is 11.7. The Morgan fingerprint density at radius 1 is 1.02 bits per heavy atom. The van der Waals surface area contributed by atoms with Crippen LogP contribution >= 0.6 is 0 Å². The lowest BCUT2D eigenvalue weighted by Crippen LogP contribution is -2.35. The highest BCUT2D eigenvalue weighted by molar-refractivity contribution is 5.84. The van der Waals surface area contributed by atoms with Crippen LogP contribution in [0.25, 0.3) is 16.8 Å². The number of aromatic nitrogens is 3. The molecule has 0 unspecified atom stereocenters. The van der Waals surface area contributed by atoms with E-state index in [1.54, 1.807) is 20.3 Å². The zero-order valence-corrected chi connectivity index (χ0v) is 27.0. The number of rotatable bonds is 11. The molecule has 0 fully saturated rings. The number of aryl methyl sites for hydroxylation is 1. The zero-order valence-electron chi connectivity index (χ0n) is 27.0. The summed E-state index contributed by atoms with van der Waals surface area (Å²) in [5, 5.41) is 17.7. The highest BCUT2D eigenvalue weighted by Crippen LogP contribution is 2.50. The number of hydrogen-bond donors (Lipinski definition) is 3. The quantitative estimate of drug-likeness (QED) is 0.222. The van der Waals surface area contributed by atoms with Gasteiger partial charge >= 0.3 is 0 Å². The van der Waals surface area contributed by atoms with Crippen LogP contribution in [0.3, 0.4) is 0 Å². The molecular weight excluding hydrogens is 588 g/mol. The van der Waals surface area contributed by atoms with Crippen molar-refractivity contribution in [1.29, 1.82) is 0 Å². The summed E-state index contributed by atoms with van der Waals surface area (Å²) >= 11 is 0. The Kier molecular flexibility index (Phi) is 9.74. The van der Waals surface area contributed by atoms with Gasteiger partial charge in [0, 0.05) is 18.7 Å². The molecule has 0 saturated carbocycles. The Morgan fingerprint density at radius 2 is 1.80 bits per heavy atom. The molecule has 2 heterocycles. The van der Waals surface area contributed by atoms with E-state index in [0.717, 1.165) is 11.1 Å². The lowest BCUT2D eigenvalue weighted by atomic mass is 9.95. The van der Waals surface area contributed by atoms with Crippen molar-refractivity contribution in [3.63, 3.8) is 0 Å². The molecule has 0 bridgehead atoms. The molecule has 242 valence electrons. The molecule has 2 aromatic heterocycles. The highest BCUT2D eigenvalue weighted by Gasteiger charge is 2.29. The van der Waals surface area contributed by atoms with Gasteiger partial charge in [-0.25, -0.2) is 0 Å². The lowest BCUT2D eigenvalue weighted by molar-refractivity contribution is -0.120. The summed E-state index contributed by atoms with van der Waals surface area (Å²) < 4.78 is 19.0. The molecule has 12 nitrogen and oxygen atoms in total. The van der Waals surface area contributed by atoms with Gasteiger partial charge in [-0.1, -0.05) is 26.0 Å². The molecule has 5 rings (SSSR count). The lowest BCUT2D eigenvalue weighted by Gasteiger charge is -2.19. The third-order valence-electron chi connectivity index (χ3n) is 8.05. The average Bonchev–Trinajstić information content (AvgIpc) is 3.32. The van der Waals surface area contributed by atoms with Gasteiger partial charge < -0.3 is 30.2 Å². The molecule has 1 aliphatic carbocycles. The fourth-order valence-electron chi connectivity index (χ4n) is 6.07. The van der Waals surface area contributed by atoms with Crippen LogP contribution in [-0.4, -0.2) is 54.3 Å². The van der Waals surface area contributed by atoms with Crippen LogP contribution in [0.15, 0.2) is 53.5 Å². The van der Waals surface area contributed by atoms with E-state index >= 15 is 0 Å². The normalized spacial score (nSPS) is 14.5.